The van der Waals surface area contributed by atoms with E-state index in [1.807, 2.05) is 41.8 Å². The third kappa shape index (κ3) is 3.94. The summed E-state index contributed by atoms with van der Waals surface area (Å²) < 4.78 is 1.65. The van der Waals surface area contributed by atoms with E-state index in [4.69, 9.17) is 5.73 Å². The maximum atomic E-state index is 12.8. The first-order chi connectivity index (χ1) is 14.2. The van der Waals surface area contributed by atoms with Crippen LogP contribution in [0.1, 0.15) is 28.1 Å². The Morgan fingerprint density at radius 2 is 2.07 bits per heavy atom. The first-order valence-corrected chi connectivity index (χ1v) is 10.1. The van der Waals surface area contributed by atoms with Crippen LogP contribution in [0.25, 0.3) is 16.9 Å². The lowest BCUT2D eigenvalue weighted by Gasteiger charge is -2.09. The van der Waals surface area contributed by atoms with Crippen LogP contribution in [0.2, 0.25) is 0 Å². The molecule has 7 nitrogen and oxygen atoms in total. The van der Waals surface area contributed by atoms with Gasteiger partial charge in [-0.2, -0.15) is 5.10 Å². The van der Waals surface area contributed by atoms with Crippen molar-refractivity contribution in [1.29, 1.82) is 0 Å². The third-order valence-electron chi connectivity index (χ3n) is 4.44. The fourth-order valence-electron chi connectivity index (χ4n) is 3.05. The van der Waals surface area contributed by atoms with Crippen molar-refractivity contribution >= 4 is 34.4 Å². The fourth-order valence-corrected chi connectivity index (χ4v) is 3.73. The Morgan fingerprint density at radius 1 is 1.17 bits per heavy atom. The largest absolute Gasteiger partial charge is 0.330 e. The fraction of sp³-hybridized carbons (Fsp3) is 0.143. The number of nitrogens with two attached hydrogens (primary N) is 1. The lowest BCUT2D eigenvalue weighted by atomic mass is 10.1. The SMILES string of the molecule is NCCCC(=O)Nc1cccc(-c2ccnc3c(C(=O)c4cccs4)cnn23)c1. The molecule has 0 bridgehead atoms. The topological polar surface area (TPSA) is 102 Å². The second-order valence-electron chi connectivity index (χ2n) is 6.45. The van der Waals surface area contributed by atoms with Crippen LogP contribution in [0, 0.1) is 0 Å². The molecule has 4 rings (SSSR count). The van der Waals surface area contributed by atoms with Crippen molar-refractivity contribution < 1.29 is 9.59 Å². The number of ketones is 1. The van der Waals surface area contributed by atoms with Gasteiger partial charge in [-0.15, -0.1) is 11.3 Å². The maximum Gasteiger partial charge on any atom is 0.224 e. The zero-order chi connectivity index (χ0) is 20.2. The predicted octanol–water partition coefficient (Wildman–Crippen LogP) is 3.37. The molecule has 0 aliphatic rings. The highest BCUT2D eigenvalue weighted by Crippen LogP contribution is 2.25. The molecule has 0 spiro atoms. The molecule has 0 saturated heterocycles. The van der Waals surface area contributed by atoms with Crippen molar-refractivity contribution in [3.8, 4) is 11.3 Å². The van der Waals surface area contributed by atoms with Gasteiger partial charge >= 0.3 is 0 Å². The normalized spacial score (nSPS) is 10.9. The van der Waals surface area contributed by atoms with Crippen LogP contribution in [0.5, 0.6) is 0 Å². The quantitative estimate of drug-likeness (QED) is 0.459. The van der Waals surface area contributed by atoms with Gasteiger partial charge < -0.3 is 11.1 Å². The number of aromatic nitrogens is 3. The van der Waals surface area contributed by atoms with Gasteiger partial charge in [0, 0.05) is 23.9 Å². The number of nitrogens with one attached hydrogen (secondary N) is 1. The summed E-state index contributed by atoms with van der Waals surface area (Å²) in [6.07, 6.45) is 4.23. The van der Waals surface area contributed by atoms with Crippen molar-refractivity contribution in [3.63, 3.8) is 0 Å². The molecule has 3 heterocycles. The van der Waals surface area contributed by atoms with Gasteiger partial charge in [-0.25, -0.2) is 9.50 Å². The average Bonchev–Trinajstić information content (AvgIpc) is 3.42. The number of hydrogen-bond donors (Lipinski definition) is 2. The first kappa shape index (κ1) is 19.0. The molecule has 0 atom stereocenters. The summed E-state index contributed by atoms with van der Waals surface area (Å²) in [7, 11) is 0. The van der Waals surface area contributed by atoms with E-state index in [0.717, 1.165) is 11.3 Å². The number of fused-ring (bicyclic) bond motifs is 1. The Kier molecular flexibility index (Phi) is 5.46. The number of thiophene rings is 1. The molecule has 1 aromatic carbocycles. The minimum Gasteiger partial charge on any atom is -0.330 e. The molecule has 0 unspecified atom stereocenters. The molecule has 1 amide bonds. The predicted molar refractivity (Wildman–Crippen MR) is 113 cm³/mol. The van der Waals surface area contributed by atoms with Gasteiger partial charge in [-0.3, -0.25) is 9.59 Å². The molecule has 3 N–H and O–H groups in total. The molecule has 0 saturated carbocycles. The smallest absolute Gasteiger partial charge is 0.224 e. The van der Waals surface area contributed by atoms with E-state index in [1.165, 1.54) is 11.3 Å². The van der Waals surface area contributed by atoms with E-state index in [-0.39, 0.29) is 11.7 Å². The van der Waals surface area contributed by atoms with Gasteiger partial charge in [-0.1, -0.05) is 18.2 Å². The number of amides is 1. The lowest BCUT2D eigenvalue weighted by Crippen LogP contribution is -2.13. The standard InChI is InChI=1S/C21H19N5O2S/c22-9-2-7-19(27)25-15-5-1-4-14(12-15)17-8-10-23-21-16(13-24-26(17)21)20(28)18-6-3-11-29-18/h1,3-6,8,10-13H,2,7,9,22H2,(H,25,27). The minimum absolute atomic E-state index is 0.0737. The molecule has 146 valence electrons. The van der Waals surface area contributed by atoms with Crippen LogP contribution >= 0.6 is 11.3 Å². The highest BCUT2D eigenvalue weighted by molar-refractivity contribution is 7.12. The number of hydrogen-bond acceptors (Lipinski definition) is 6. The Bertz CT molecular complexity index is 1170. The summed E-state index contributed by atoms with van der Waals surface area (Å²) in [5.41, 5.74) is 8.74. The zero-order valence-electron chi connectivity index (χ0n) is 15.5. The molecule has 3 aromatic heterocycles. The Balaban J connectivity index is 1.67. The second-order valence-corrected chi connectivity index (χ2v) is 7.40. The Hall–Kier alpha value is -3.36. The molecule has 8 heteroatoms. The van der Waals surface area contributed by atoms with E-state index in [1.54, 1.807) is 23.0 Å². The van der Waals surface area contributed by atoms with Crippen LogP contribution < -0.4 is 11.1 Å². The van der Waals surface area contributed by atoms with Crippen molar-refractivity contribution in [1.82, 2.24) is 14.6 Å². The zero-order valence-corrected chi connectivity index (χ0v) is 16.4. The van der Waals surface area contributed by atoms with Gasteiger partial charge in [-0.05, 0) is 42.6 Å². The molecule has 0 radical (unpaired) electrons. The minimum atomic E-state index is -0.0967. The van der Waals surface area contributed by atoms with Gasteiger partial charge in [0.1, 0.15) is 0 Å². The van der Waals surface area contributed by atoms with Gasteiger partial charge in [0.15, 0.2) is 5.65 Å². The Morgan fingerprint density at radius 3 is 2.86 bits per heavy atom. The second kappa shape index (κ2) is 8.34. The van der Waals surface area contributed by atoms with E-state index in [0.29, 0.717) is 41.2 Å². The van der Waals surface area contributed by atoms with Crippen LogP contribution in [-0.2, 0) is 4.79 Å². The van der Waals surface area contributed by atoms with Gasteiger partial charge in [0.25, 0.3) is 0 Å². The number of carbonyl (C=O) groups is 2. The number of benzene rings is 1. The summed E-state index contributed by atoms with van der Waals surface area (Å²) in [5.74, 6) is -0.170. The van der Waals surface area contributed by atoms with Crippen LogP contribution in [0.15, 0.2) is 60.2 Å². The van der Waals surface area contributed by atoms with Gasteiger partial charge in [0.2, 0.25) is 11.7 Å². The van der Waals surface area contributed by atoms with Gasteiger partial charge in [0.05, 0.1) is 22.3 Å². The first-order valence-electron chi connectivity index (χ1n) is 9.18. The number of rotatable bonds is 7. The molecule has 0 aliphatic heterocycles. The van der Waals surface area contributed by atoms with Crippen molar-refractivity contribution in [2.24, 2.45) is 5.73 Å². The van der Waals surface area contributed by atoms with Crippen LogP contribution in [-0.4, -0.2) is 32.8 Å². The summed E-state index contributed by atoms with van der Waals surface area (Å²) in [6.45, 7) is 0.480. The van der Waals surface area contributed by atoms with Crippen molar-refractivity contribution in [2.75, 3.05) is 11.9 Å². The molecule has 0 aliphatic carbocycles. The highest BCUT2D eigenvalue weighted by Gasteiger charge is 2.18. The lowest BCUT2D eigenvalue weighted by molar-refractivity contribution is -0.116. The average molecular weight is 405 g/mol. The summed E-state index contributed by atoms with van der Waals surface area (Å²) in [6, 6.07) is 12.9. The van der Waals surface area contributed by atoms with Crippen molar-refractivity contribution in [2.45, 2.75) is 12.8 Å². The molecular formula is C21H19N5O2S. The number of anilines is 1. The summed E-state index contributed by atoms with van der Waals surface area (Å²) >= 11 is 1.39. The highest BCUT2D eigenvalue weighted by atomic mass is 32.1. The maximum absolute atomic E-state index is 12.8. The van der Waals surface area contributed by atoms with Crippen LogP contribution in [0.3, 0.4) is 0 Å². The monoisotopic (exact) mass is 405 g/mol. The Labute approximate surface area is 171 Å². The third-order valence-corrected chi connectivity index (χ3v) is 5.31. The van der Waals surface area contributed by atoms with E-state index in [2.05, 4.69) is 15.4 Å². The molecular weight excluding hydrogens is 386 g/mol. The van der Waals surface area contributed by atoms with Crippen molar-refractivity contribution in [3.05, 3.63) is 70.7 Å². The number of carbonyl (C=O) groups excluding carboxylic acids is 2. The molecule has 0 fully saturated rings. The van der Waals surface area contributed by atoms with E-state index >= 15 is 0 Å². The summed E-state index contributed by atoms with van der Waals surface area (Å²) in [4.78, 5) is 29.8. The van der Waals surface area contributed by atoms with E-state index in [9.17, 15) is 9.59 Å². The summed E-state index contributed by atoms with van der Waals surface area (Å²) in [5, 5.41) is 9.14. The molecule has 4 aromatic rings. The van der Waals surface area contributed by atoms with E-state index < -0.39 is 0 Å². The molecule has 29 heavy (non-hydrogen) atoms. The number of nitrogens with zero attached hydrogens (tertiary/aromatic N) is 3. The van der Waals surface area contributed by atoms with Crippen LogP contribution in [0.4, 0.5) is 5.69 Å².